The number of nitrogens with two attached hydrogens (primary N) is 1. The molecule has 1 fully saturated rings. The minimum absolute atomic E-state index is 0.295. The lowest BCUT2D eigenvalue weighted by Crippen LogP contribution is -2.54. The molecule has 0 aromatic carbocycles. The normalized spacial score (nSPS) is 25.0. The highest BCUT2D eigenvalue weighted by Gasteiger charge is 2.31. The fourth-order valence-corrected chi connectivity index (χ4v) is 2.44. The molecular weight excluding hydrogens is 242 g/mol. The molecule has 0 saturated carbocycles. The highest BCUT2D eigenvalue weighted by atomic mass is 16.5. The van der Waals surface area contributed by atoms with Crippen LogP contribution in [0.3, 0.4) is 0 Å². The number of ether oxygens (including phenoxy) is 1. The average molecular weight is 271 g/mol. The van der Waals surface area contributed by atoms with Gasteiger partial charge in [0.05, 0.1) is 6.61 Å². The van der Waals surface area contributed by atoms with Gasteiger partial charge in [-0.3, -0.25) is 4.79 Å². The van der Waals surface area contributed by atoms with E-state index in [-0.39, 0.29) is 5.97 Å². The summed E-state index contributed by atoms with van der Waals surface area (Å²) < 4.78 is 5.02. The summed E-state index contributed by atoms with van der Waals surface area (Å²) in [7, 11) is 2.18. The molecule has 1 aliphatic rings. The molecule has 0 amide bonds. The van der Waals surface area contributed by atoms with Gasteiger partial charge in [-0.1, -0.05) is 6.92 Å². The van der Waals surface area contributed by atoms with E-state index in [2.05, 4.69) is 23.8 Å². The number of rotatable bonds is 6. The molecule has 0 spiro atoms. The van der Waals surface area contributed by atoms with E-state index in [1.165, 1.54) is 0 Å². The maximum absolute atomic E-state index is 11.7. The van der Waals surface area contributed by atoms with Crippen LogP contribution >= 0.6 is 0 Å². The molecule has 0 aliphatic carbocycles. The molecule has 5 nitrogen and oxygen atoms in total. The number of likely N-dealkylation sites (N-methyl/N-ethyl adjacent to an activating group) is 1. The molecule has 2 unspecified atom stereocenters. The Balaban J connectivity index is 2.41. The van der Waals surface area contributed by atoms with Gasteiger partial charge in [0, 0.05) is 32.2 Å². The van der Waals surface area contributed by atoms with Gasteiger partial charge in [0.15, 0.2) is 0 Å². The van der Waals surface area contributed by atoms with Crippen LogP contribution < -0.4 is 5.73 Å². The minimum atomic E-state index is -0.874. The van der Waals surface area contributed by atoms with E-state index >= 15 is 0 Å². The van der Waals surface area contributed by atoms with Gasteiger partial charge in [0.2, 0.25) is 0 Å². The third kappa shape index (κ3) is 4.75. The third-order valence-electron chi connectivity index (χ3n) is 4.02. The zero-order chi connectivity index (χ0) is 14.5. The van der Waals surface area contributed by atoms with Crippen LogP contribution in [0.2, 0.25) is 0 Å². The second-order valence-electron chi connectivity index (χ2n) is 5.73. The molecule has 1 saturated heterocycles. The smallest absolute Gasteiger partial charge is 0.325 e. The lowest BCUT2D eigenvalue weighted by molar-refractivity contribution is -0.149. The predicted octanol–water partition coefficient (Wildman–Crippen LogP) is 0.683. The molecule has 19 heavy (non-hydrogen) atoms. The van der Waals surface area contributed by atoms with Crippen LogP contribution in [0.4, 0.5) is 0 Å². The van der Waals surface area contributed by atoms with Crippen molar-refractivity contribution < 1.29 is 9.53 Å². The first-order valence-corrected chi connectivity index (χ1v) is 7.29. The van der Waals surface area contributed by atoms with Gasteiger partial charge >= 0.3 is 5.97 Å². The number of carbonyl (C=O) groups is 1. The number of hydrogen-bond donors (Lipinski definition) is 1. The van der Waals surface area contributed by atoms with Crippen molar-refractivity contribution in [1.29, 1.82) is 0 Å². The third-order valence-corrected chi connectivity index (χ3v) is 4.02. The summed E-state index contributed by atoms with van der Waals surface area (Å²) in [6.07, 6.45) is 1.80. The van der Waals surface area contributed by atoms with E-state index in [4.69, 9.17) is 10.5 Å². The molecule has 0 aromatic rings. The maximum atomic E-state index is 11.7. The van der Waals surface area contributed by atoms with Gasteiger partial charge in [-0.25, -0.2) is 0 Å². The standard InChI is InChI=1S/C14H29N3O2/c1-5-12-11-17(10-9-16(12)4)8-7-14(3,15)13(18)19-6-2/h12H,5-11,15H2,1-4H3. The molecule has 2 N–H and O–H groups in total. The lowest BCUT2D eigenvalue weighted by Gasteiger charge is -2.40. The quantitative estimate of drug-likeness (QED) is 0.720. The highest BCUT2D eigenvalue weighted by Crippen LogP contribution is 2.14. The Hall–Kier alpha value is -0.650. The molecule has 0 aromatic heterocycles. The summed E-state index contributed by atoms with van der Waals surface area (Å²) in [5.74, 6) is -0.295. The fourth-order valence-electron chi connectivity index (χ4n) is 2.44. The van der Waals surface area contributed by atoms with Gasteiger partial charge in [-0.2, -0.15) is 0 Å². The van der Waals surface area contributed by atoms with Crippen LogP contribution in [0.5, 0.6) is 0 Å². The summed E-state index contributed by atoms with van der Waals surface area (Å²) in [6, 6.07) is 0.611. The van der Waals surface area contributed by atoms with Crippen LogP contribution in [0, 0.1) is 0 Å². The molecule has 2 atom stereocenters. The molecule has 5 heteroatoms. The van der Waals surface area contributed by atoms with Crippen molar-refractivity contribution in [3.05, 3.63) is 0 Å². The highest BCUT2D eigenvalue weighted by molar-refractivity contribution is 5.79. The Bertz CT molecular complexity index is 294. The number of nitrogens with zero attached hydrogens (tertiary/aromatic N) is 2. The predicted molar refractivity (Wildman–Crippen MR) is 77.0 cm³/mol. The van der Waals surface area contributed by atoms with E-state index in [1.54, 1.807) is 13.8 Å². The second-order valence-corrected chi connectivity index (χ2v) is 5.73. The van der Waals surface area contributed by atoms with Gasteiger partial charge in [-0.15, -0.1) is 0 Å². The molecule has 1 rings (SSSR count). The SMILES string of the molecule is CCOC(=O)C(C)(N)CCN1CCN(C)C(CC)C1. The van der Waals surface area contributed by atoms with Crippen molar-refractivity contribution in [2.75, 3.05) is 39.8 Å². The van der Waals surface area contributed by atoms with E-state index in [0.29, 0.717) is 19.1 Å². The van der Waals surface area contributed by atoms with Crippen molar-refractivity contribution in [2.45, 2.75) is 45.2 Å². The van der Waals surface area contributed by atoms with Gasteiger partial charge < -0.3 is 20.3 Å². The van der Waals surface area contributed by atoms with E-state index in [1.807, 2.05) is 0 Å². The monoisotopic (exact) mass is 271 g/mol. The minimum Gasteiger partial charge on any atom is -0.465 e. The van der Waals surface area contributed by atoms with Gasteiger partial charge in [-0.05, 0) is 33.7 Å². The van der Waals surface area contributed by atoms with Crippen molar-refractivity contribution in [1.82, 2.24) is 9.80 Å². The van der Waals surface area contributed by atoms with E-state index < -0.39 is 5.54 Å². The van der Waals surface area contributed by atoms with Crippen LogP contribution in [0.25, 0.3) is 0 Å². The van der Waals surface area contributed by atoms with Gasteiger partial charge in [0.1, 0.15) is 5.54 Å². The summed E-state index contributed by atoms with van der Waals surface area (Å²) in [4.78, 5) is 16.5. The largest absolute Gasteiger partial charge is 0.465 e. The van der Waals surface area contributed by atoms with Crippen LogP contribution in [0.1, 0.15) is 33.6 Å². The summed E-state index contributed by atoms with van der Waals surface area (Å²) >= 11 is 0. The molecule has 112 valence electrons. The average Bonchev–Trinajstić information content (AvgIpc) is 2.38. The van der Waals surface area contributed by atoms with Crippen LogP contribution in [-0.2, 0) is 9.53 Å². The Labute approximate surface area is 117 Å². The molecular formula is C14H29N3O2. The Morgan fingerprint density at radius 1 is 1.42 bits per heavy atom. The Kier molecular flexibility index (Phi) is 6.23. The number of piperazine rings is 1. The first kappa shape index (κ1) is 16.4. The van der Waals surface area contributed by atoms with E-state index in [0.717, 1.165) is 32.6 Å². The van der Waals surface area contributed by atoms with Crippen molar-refractivity contribution >= 4 is 5.97 Å². The molecule has 1 heterocycles. The number of hydrogen-bond acceptors (Lipinski definition) is 5. The molecule has 0 bridgehead atoms. The first-order chi connectivity index (χ1) is 8.90. The summed E-state index contributed by atoms with van der Waals surface area (Å²) in [5, 5.41) is 0. The maximum Gasteiger partial charge on any atom is 0.325 e. The number of esters is 1. The van der Waals surface area contributed by atoms with Crippen molar-refractivity contribution in [3.8, 4) is 0 Å². The first-order valence-electron chi connectivity index (χ1n) is 7.29. The number of carbonyl (C=O) groups excluding carboxylic acids is 1. The fraction of sp³-hybridized carbons (Fsp3) is 0.929. The Morgan fingerprint density at radius 2 is 2.11 bits per heavy atom. The topological polar surface area (TPSA) is 58.8 Å². The Morgan fingerprint density at radius 3 is 2.68 bits per heavy atom. The van der Waals surface area contributed by atoms with Crippen molar-refractivity contribution in [3.63, 3.8) is 0 Å². The van der Waals surface area contributed by atoms with Crippen LogP contribution in [-0.4, -0.2) is 67.2 Å². The zero-order valence-corrected chi connectivity index (χ0v) is 12.8. The molecule has 1 aliphatic heterocycles. The summed E-state index contributed by atoms with van der Waals surface area (Å²) in [5.41, 5.74) is 5.17. The van der Waals surface area contributed by atoms with Gasteiger partial charge in [0.25, 0.3) is 0 Å². The zero-order valence-electron chi connectivity index (χ0n) is 12.8. The second kappa shape index (κ2) is 7.22. The van der Waals surface area contributed by atoms with Crippen molar-refractivity contribution in [2.24, 2.45) is 5.73 Å². The molecule has 0 radical (unpaired) electrons. The van der Waals surface area contributed by atoms with Crippen LogP contribution in [0.15, 0.2) is 0 Å². The lowest BCUT2D eigenvalue weighted by atomic mass is 9.98. The van der Waals surface area contributed by atoms with E-state index in [9.17, 15) is 4.79 Å². The summed E-state index contributed by atoms with van der Waals surface area (Å²) in [6.45, 7) is 10.2.